The van der Waals surface area contributed by atoms with Gasteiger partial charge in [0.2, 0.25) is 5.91 Å². The van der Waals surface area contributed by atoms with Gasteiger partial charge in [0.15, 0.2) is 10.8 Å². The number of thioether (sulfide) groups is 1. The number of nitrogens with zero attached hydrogens (tertiary/aromatic N) is 5. The van der Waals surface area contributed by atoms with E-state index in [1.54, 1.807) is 21.4 Å². The van der Waals surface area contributed by atoms with Gasteiger partial charge in [0.25, 0.3) is 5.56 Å². The van der Waals surface area contributed by atoms with Crippen LogP contribution in [0.4, 0.5) is 4.79 Å². The van der Waals surface area contributed by atoms with Crippen LogP contribution < -0.4 is 5.56 Å². The summed E-state index contributed by atoms with van der Waals surface area (Å²) in [4.78, 5) is 47.5. The summed E-state index contributed by atoms with van der Waals surface area (Å²) in [6.07, 6.45) is 1.14. The van der Waals surface area contributed by atoms with E-state index in [0.717, 1.165) is 11.3 Å². The van der Waals surface area contributed by atoms with Gasteiger partial charge in [-0.1, -0.05) is 30.0 Å². The first-order valence-electron chi connectivity index (χ1n) is 10.3. The van der Waals surface area contributed by atoms with Gasteiger partial charge in [0, 0.05) is 26.2 Å². The third-order valence-corrected chi connectivity index (χ3v) is 6.11. The number of H-pyrrole nitrogens is 1. The van der Waals surface area contributed by atoms with E-state index in [4.69, 9.17) is 4.74 Å². The first kappa shape index (κ1) is 21.9. The average molecular weight is 457 g/mol. The maximum Gasteiger partial charge on any atom is 0.409 e. The molecule has 1 aliphatic rings. The fourth-order valence-electron chi connectivity index (χ4n) is 3.52. The van der Waals surface area contributed by atoms with Gasteiger partial charge in [-0.15, -0.1) is 0 Å². The van der Waals surface area contributed by atoms with Crippen molar-refractivity contribution in [3.63, 3.8) is 0 Å². The molecule has 3 heterocycles. The molecule has 1 saturated heterocycles. The molecule has 0 aliphatic carbocycles. The lowest BCUT2D eigenvalue weighted by molar-refractivity contribution is -0.129. The molecule has 0 radical (unpaired) electrons. The smallest absolute Gasteiger partial charge is 0.409 e. The van der Waals surface area contributed by atoms with Gasteiger partial charge in [-0.25, -0.2) is 14.5 Å². The molecule has 11 heteroatoms. The molecule has 32 heavy (non-hydrogen) atoms. The number of hydrogen-bond acceptors (Lipinski definition) is 7. The van der Waals surface area contributed by atoms with Crippen LogP contribution in [-0.4, -0.2) is 80.1 Å². The van der Waals surface area contributed by atoms with E-state index < -0.39 is 0 Å². The summed E-state index contributed by atoms with van der Waals surface area (Å²) in [6.45, 7) is 5.82. The number of nitrogens with one attached hydrogen (secondary N) is 1. The van der Waals surface area contributed by atoms with E-state index in [2.05, 4.69) is 15.1 Å². The van der Waals surface area contributed by atoms with Crippen molar-refractivity contribution in [3.8, 4) is 5.69 Å². The second-order valence-electron chi connectivity index (χ2n) is 7.31. The summed E-state index contributed by atoms with van der Waals surface area (Å²) in [7, 11) is 0. The number of aromatic nitrogens is 4. The molecule has 168 valence electrons. The summed E-state index contributed by atoms with van der Waals surface area (Å²) in [5.41, 5.74) is 1.99. The first-order valence-corrected chi connectivity index (χ1v) is 11.3. The predicted molar refractivity (Wildman–Crippen MR) is 120 cm³/mol. The lowest BCUT2D eigenvalue weighted by atomic mass is 10.2. The molecule has 0 atom stereocenters. The third-order valence-electron chi connectivity index (χ3n) is 5.25. The topological polar surface area (TPSA) is 113 Å². The van der Waals surface area contributed by atoms with Gasteiger partial charge in [0.05, 0.1) is 24.2 Å². The van der Waals surface area contributed by atoms with Crippen LogP contribution in [-0.2, 0) is 9.53 Å². The van der Waals surface area contributed by atoms with Crippen molar-refractivity contribution in [2.45, 2.75) is 19.0 Å². The van der Waals surface area contributed by atoms with Crippen LogP contribution in [0.2, 0.25) is 0 Å². The van der Waals surface area contributed by atoms with Crippen LogP contribution in [0.25, 0.3) is 16.7 Å². The third kappa shape index (κ3) is 4.47. The van der Waals surface area contributed by atoms with Crippen LogP contribution in [0.15, 0.2) is 40.4 Å². The van der Waals surface area contributed by atoms with E-state index in [9.17, 15) is 14.4 Å². The number of ether oxygens (including phenoxy) is 1. The zero-order chi connectivity index (χ0) is 22.7. The fraction of sp³-hybridized carbons (Fsp3) is 0.381. The highest BCUT2D eigenvalue weighted by Crippen LogP contribution is 2.20. The quantitative estimate of drug-likeness (QED) is 0.460. The minimum absolute atomic E-state index is 0.0753. The van der Waals surface area contributed by atoms with Crippen LogP contribution in [0.5, 0.6) is 0 Å². The van der Waals surface area contributed by atoms with Crippen LogP contribution in [0.1, 0.15) is 12.5 Å². The SMILES string of the molecule is CCOC(=O)N1CCN(C(=O)CSc2nc3c(cnn3-c3ccccc3C)c(=O)[nH]2)CC1. The highest BCUT2D eigenvalue weighted by Gasteiger charge is 2.25. The number of piperazine rings is 1. The summed E-state index contributed by atoms with van der Waals surface area (Å²) in [5.74, 6) is 0.0560. The van der Waals surface area contributed by atoms with Gasteiger partial charge in [-0.2, -0.15) is 5.10 Å². The van der Waals surface area contributed by atoms with E-state index in [1.165, 1.54) is 18.0 Å². The van der Waals surface area contributed by atoms with E-state index in [0.29, 0.717) is 49.0 Å². The van der Waals surface area contributed by atoms with E-state index >= 15 is 0 Å². The van der Waals surface area contributed by atoms with Crippen molar-refractivity contribution in [2.75, 3.05) is 38.5 Å². The minimum atomic E-state index is -0.352. The standard InChI is InChI=1S/C21H24N6O4S/c1-3-31-21(30)26-10-8-25(9-11-26)17(28)13-32-20-23-18-15(19(29)24-20)12-22-27(18)16-7-5-4-6-14(16)2/h4-7,12H,3,8-11,13H2,1-2H3,(H,23,24,29). The molecule has 0 unspecified atom stereocenters. The average Bonchev–Trinajstić information content (AvgIpc) is 3.22. The number of aromatic amines is 1. The van der Waals surface area contributed by atoms with Gasteiger partial charge in [-0.05, 0) is 25.5 Å². The lowest BCUT2D eigenvalue weighted by Crippen LogP contribution is -2.51. The minimum Gasteiger partial charge on any atom is -0.450 e. The van der Waals surface area contributed by atoms with Crippen molar-refractivity contribution in [3.05, 3.63) is 46.4 Å². The Morgan fingerprint density at radius 1 is 1.16 bits per heavy atom. The lowest BCUT2D eigenvalue weighted by Gasteiger charge is -2.34. The molecule has 2 amide bonds. The number of amides is 2. The number of benzene rings is 1. The number of carbonyl (C=O) groups is 2. The molecule has 1 aliphatic heterocycles. The number of fused-ring (bicyclic) bond motifs is 1. The molecule has 1 N–H and O–H groups in total. The Labute approximate surface area is 188 Å². The molecule has 4 rings (SSSR count). The van der Waals surface area contributed by atoms with E-state index in [1.807, 2.05) is 31.2 Å². The van der Waals surface area contributed by atoms with Crippen molar-refractivity contribution < 1.29 is 14.3 Å². The Kier molecular flexibility index (Phi) is 6.45. The largest absolute Gasteiger partial charge is 0.450 e. The normalized spacial score (nSPS) is 14.1. The maximum atomic E-state index is 12.6. The predicted octanol–water partition coefficient (Wildman–Crippen LogP) is 1.81. The van der Waals surface area contributed by atoms with Gasteiger partial charge < -0.3 is 19.5 Å². The molecular formula is C21H24N6O4S. The Hall–Kier alpha value is -3.34. The molecule has 0 saturated carbocycles. The highest BCUT2D eigenvalue weighted by atomic mass is 32.2. The Bertz CT molecular complexity index is 1200. The van der Waals surface area contributed by atoms with E-state index in [-0.39, 0.29) is 23.3 Å². The molecule has 0 spiro atoms. The maximum absolute atomic E-state index is 12.6. The molecule has 1 aromatic carbocycles. The number of para-hydroxylation sites is 1. The number of aryl methyl sites for hydroxylation is 1. The Morgan fingerprint density at radius 3 is 2.59 bits per heavy atom. The zero-order valence-electron chi connectivity index (χ0n) is 17.9. The molecule has 2 aromatic heterocycles. The second-order valence-corrected chi connectivity index (χ2v) is 8.27. The monoisotopic (exact) mass is 456 g/mol. The van der Waals surface area contributed by atoms with Crippen molar-refractivity contribution in [1.29, 1.82) is 0 Å². The summed E-state index contributed by atoms with van der Waals surface area (Å²) >= 11 is 1.17. The summed E-state index contributed by atoms with van der Waals surface area (Å²) in [5, 5.41) is 5.08. The van der Waals surface area contributed by atoms with Crippen molar-refractivity contribution >= 4 is 34.8 Å². The van der Waals surface area contributed by atoms with Gasteiger partial charge >= 0.3 is 6.09 Å². The van der Waals surface area contributed by atoms with Crippen molar-refractivity contribution in [2.24, 2.45) is 0 Å². The molecule has 1 fully saturated rings. The summed E-state index contributed by atoms with van der Waals surface area (Å²) < 4.78 is 6.64. The number of rotatable bonds is 5. The second kappa shape index (κ2) is 9.43. The molecule has 10 nitrogen and oxygen atoms in total. The Morgan fingerprint density at radius 2 is 1.88 bits per heavy atom. The zero-order valence-corrected chi connectivity index (χ0v) is 18.7. The van der Waals surface area contributed by atoms with Crippen LogP contribution in [0, 0.1) is 6.92 Å². The highest BCUT2D eigenvalue weighted by molar-refractivity contribution is 7.99. The Balaban J connectivity index is 1.44. The van der Waals surface area contributed by atoms with Gasteiger partial charge in [0.1, 0.15) is 5.39 Å². The molecule has 3 aromatic rings. The van der Waals surface area contributed by atoms with Crippen molar-refractivity contribution in [1.82, 2.24) is 29.5 Å². The summed E-state index contributed by atoms with van der Waals surface area (Å²) in [6, 6.07) is 7.71. The van der Waals surface area contributed by atoms with Crippen LogP contribution >= 0.6 is 11.8 Å². The first-order chi connectivity index (χ1) is 15.5. The van der Waals surface area contributed by atoms with Gasteiger partial charge in [-0.3, -0.25) is 9.59 Å². The number of carbonyl (C=O) groups excluding carboxylic acids is 2. The fourth-order valence-corrected chi connectivity index (χ4v) is 4.28. The van der Waals surface area contributed by atoms with Crippen LogP contribution in [0.3, 0.4) is 0 Å². The number of hydrogen-bond donors (Lipinski definition) is 1. The molecule has 0 bridgehead atoms. The molecular weight excluding hydrogens is 432 g/mol.